The molecule has 1 aromatic rings. The smallest absolute Gasteiger partial charge is 0.262 e. The Labute approximate surface area is 193 Å². The minimum Gasteiger partial charge on any atom is -0.369 e. The van der Waals surface area contributed by atoms with Gasteiger partial charge in [-0.2, -0.15) is 0 Å². The number of benzene rings is 1. The van der Waals surface area contributed by atoms with Crippen LogP contribution in [0.15, 0.2) is 18.2 Å². The zero-order chi connectivity index (χ0) is 21.5. The number of carbonyl (C=O) groups excluding carboxylic acids is 4. The quantitative estimate of drug-likeness (QED) is 0.536. The molecule has 172 valence electrons. The van der Waals surface area contributed by atoms with Gasteiger partial charge in [0.05, 0.1) is 23.6 Å². The fourth-order valence-corrected chi connectivity index (χ4v) is 5.38. The van der Waals surface area contributed by atoms with E-state index < -0.39 is 17.9 Å². The third-order valence-corrected chi connectivity index (χ3v) is 7.16. The van der Waals surface area contributed by atoms with Crippen LogP contribution >= 0.6 is 12.4 Å². The lowest BCUT2D eigenvalue weighted by molar-refractivity contribution is -0.132. The molecule has 0 spiro atoms. The molecule has 1 aliphatic carbocycles. The molecular formula is C23H29ClN4O4. The minimum absolute atomic E-state index is 0. The van der Waals surface area contributed by atoms with E-state index in [0.717, 1.165) is 49.9 Å². The maximum atomic E-state index is 13.1. The number of Topliss-reactive ketones (excluding diaryl/α,β-unsaturated/α-hetero) is 2. The topological polar surface area (TPSA) is 90.0 Å². The van der Waals surface area contributed by atoms with E-state index in [1.165, 1.54) is 12.8 Å². The van der Waals surface area contributed by atoms with Gasteiger partial charge in [0, 0.05) is 44.3 Å². The van der Waals surface area contributed by atoms with Gasteiger partial charge in [-0.05, 0) is 50.6 Å². The highest BCUT2D eigenvalue weighted by molar-refractivity contribution is 6.24. The molecule has 1 N–H and O–H groups in total. The summed E-state index contributed by atoms with van der Waals surface area (Å²) in [7, 11) is 0. The van der Waals surface area contributed by atoms with Crippen molar-refractivity contribution in [2.45, 2.75) is 44.2 Å². The molecule has 3 aliphatic heterocycles. The highest BCUT2D eigenvalue weighted by Gasteiger charge is 2.44. The lowest BCUT2D eigenvalue weighted by atomic mass is 9.92. The standard InChI is InChI=1S/C23H28N4O4.ClH/c28-17-2-4-20(21(29)14-17)27-22(30)18-3-1-16(13-19(18)23(27)31)26-11-9-25(10-12-26)15-5-7-24-8-6-15;/h1,3,13,15,20,24H,2,4-12,14H2;1H. The molecule has 2 amide bonds. The van der Waals surface area contributed by atoms with Gasteiger partial charge in [0.15, 0.2) is 5.78 Å². The number of ketones is 2. The molecule has 9 heteroatoms. The van der Waals surface area contributed by atoms with Crippen LogP contribution in [0.3, 0.4) is 0 Å². The molecule has 32 heavy (non-hydrogen) atoms. The van der Waals surface area contributed by atoms with Crippen LogP contribution in [0.4, 0.5) is 5.69 Å². The zero-order valence-electron chi connectivity index (χ0n) is 18.0. The molecule has 3 heterocycles. The van der Waals surface area contributed by atoms with E-state index in [0.29, 0.717) is 17.2 Å². The summed E-state index contributed by atoms with van der Waals surface area (Å²) in [5.41, 5.74) is 1.66. The molecule has 8 nitrogen and oxygen atoms in total. The van der Waals surface area contributed by atoms with E-state index in [1.807, 2.05) is 6.07 Å². The largest absolute Gasteiger partial charge is 0.369 e. The van der Waals surface area contributed by atoms with Gasteiger partial charge in [0.1, 0.15) is 5.78 Å². The number of anilines is 1. The fourth-order valence-electron chi connectivity index (χ4n) is 5.38. The zero-order valence-corrected chi connectivity index (χ0v) is 18.9. The Hall–Kier alpha value is -2.29. The van der Waals surface area contributed by atoms with E-state index in [2.05, 4.69) is 15.1 Å². The monoisotopic (exact) mass is 460 g/mol. The predicted molar refractivity (Wildman–Crippen MR) is 122 cm³/mol. The minimum atomic E-state index is -0.818. The summed E-state index contributed by atoms with van der Waals surface area (Å²) in [4.78, 5) is 55.7. The number of fused-ring (bicyclic) bond motifs is 1. The second-order valence-corrected chi connectivity index (χ2v) is 8.95. The molecule has 0 aromatic heterocycles. The third-order valence-electron chi connectivity index (χ3n) is 7.16. The Kier molecular flexibility index (Phi) is 6.65. The normalized spacial score (nSPS) is 25.2. The van der Waals surface area contributed by atoms with Crippen molar-refractivity contribution in [2.24, 2.45) is 0 Å². The maximum absolute atomic E-state index is 13.1. The Morgan fingerprint density at radius 3 is 2.22 bits per heavy atom. The van der Waals surface area contributed by atoms with Crippen LogP contribution < -0.4 is 10.2 Å². The van der Waals surface area contributed by atoms with Crippen molar-refractivity contribution in [3.63, 3.8) is 0 Å². The summed E-state index contributed by atoms with van der Waals surface area (Å²) >= 11 is 0. The average molecular weight is 461 g/mol. The summed E-state index contributed by atoms with van der Waals surface area (Å²) in [5, 5.41) is 3.41. The molecule has 4 aliphatic rings. The lowest BCUT2D eigenvalue weighted by Crippen LogP contribution is -2.52. The van der Waals surface area contributed by atoms with Crippen molar-refractivity contribution in [3.05, 3.63) is 29.3 Å². The van der Waals surface area contributed by atoms with Crippen LogP contribution in [0.5, 0.6) is 0 Å². The molecular weight excluding hydrogens is 432 g/mol. The number of amides is 2. The number of nitrogens with one attached hydrogen (secondary N) is 1. The molecule has 2 saturated heterocycles. The van der Waals surface area contributed by atoms with E-state index in [-0.39, 0.29) is 43.2 Å². The number of carbonyl (C=O) groups is 4. The maximum Gasteiger partial charge on any atom is 0.262 e. The summed E-state index contributed by atoms with van der Waals surface area (Å²) in [6.07, 6.45) is 2.66. The lowest BCUT2D eigenvalue weighted by Gasteiger charge is -2.41. The molecule has 0 bridgehead atoms. The third kappa shape index (κ3) is 4.07. The molecule has 0 radical (unpaired) electrons. The Bertz CT molecular complexity index is 938. The summed E-state index contributed by atoms with van der Waals surface area (Å²) in [6, 6.07) is 5.24. The van der Waals surface area contributed by atoms with Crippen molar-refractivity contribution in [1.29, 1.82) is 0 Å². The van der Waals surface area contributed by atoms with E-state index in [9.17, 15) is 19.2 Å². The van der Waals surface area contributed by atoms with Crippen LogP contribution in [0, 0.1) is 0 Å². The number of piperazine rings is 1. The summed E-state index contributed by atoms with van der Waals surface area (Å²) < 4.78 is 0. The Balaban J connectivity index is 0.00000245. The van der Waals surface area contributed by atoms with Gasteiger partial charge < -0.3 is 10.2 Å². The Morgan fingerprint density at radius 1 is 0.844 bits per heavy atom. The predicted octanol–water partition coefficient (Wildman–Crippen LogP) is 1.27. The van der Waals surface area contributed by atoms with Gasteiger partial charge in [-0.25, -0.2) is 0 Å². The highest BCUT2D eigenvalue weighted by Crippen LogP contribution is 2.32. The van der Waals surface area contributed by atoms with Crippen molar-refractivity contribution in [1.82, 2.24) is 15.1 Å². The van der Waals surface area contributed by atoms with Crippen LogP contribution in [0.25, 0.3) is 0 Å². The Morgan fingerprint density at radius 2 is 1.53 bits per heavy atom. The van der Waals surface area contributed by atoms with Gasteiger partial charge in [0.25, 0.3) is 11.8 Å². The van der Waals surface area contributed by atoms with E-state index in [1.54, 1.807) is 12.1 Å². The van der Waals surface area contributed by atoms with Gasteiger partial charge in [-0.1, -0.05) is 0 Å². The SMILES string of the molecule is Cl.O=C1CCC(N2C(=O)c3ccc(N4CCN(C5CCNCC5)CC4)cc3C2=O)C(=O)C1. The van der Waals surface area contributed by atoms with Crippen LogP contribution in [-0.4, -0.2) is 84.5 Å². The number of hydrogen-bond donors (Lipinski definition) is 1. The van der Waals surface area contributed by atoms with Crippen LogP contribution in [0.1, 0.15) is 52.8 Å². The molecule has 1 atom stereocenters. The number of halogens is 1. The van der Waals surface area contributed by atoms with Crippen molar-refractivity contribution in [2.75, 3.05) is 44.2 Å². The van der Waals surface area contributed by atoms with Gasteiger partial charge >= 0.3 is 0 Å². The average Bonchev–Trinajstić information content (AvgIpc) is 3.04. The summed E-state index contributed by atoms with van der Waals surface area (Å²) in [6.45, 7) is 5.92. The van der Waals surface area contributed by atoms with Crippen LogP contribution in [0.2, 0.25) is 0 Å². The molecule has 1 unspecified atom stereocenters. The van der Waals surface area contributed by atoms with E-state index >= 15 is 0 Å². The first-order valence-corrected chi connectivity index (χ1v) is 11.3. The first kappa shape index (κ1) is 22.9. The number of imide groups is 1. The van der Waals surface area contributed by atoms with E-state index in [4.69, 9.17) is 0 Å². The van der Waals surface area contributed by atoms with Gasteiger partial charge in [0.2, 0.25) is 0 Å². The molecule has 1 saturated carbocycles. The number of rotatable bonds is 3. The van der Waals surface area contributed by atoms with Crippen LogP contribution in [-0.2, 0) is 9.59 Å². The van der Waals surface area contributed by atoms with Crippen molar-refractivity contribution in [3.8, 4) is 0 Å². The molecule has 3 fully saturated rings. The second kappa shape index (κ2) is 9.29. The van der Waals surface area contributed by atoms with Crippen molar-refractivity contribution < 1.29 is 19.2 Å². The van der Waals surface area contributed by atoms with Gasteiger partial charge in [-0.15, -0.1) is 12.4 Å². The second-order valence-electron chi connectivity index (χ2n) is 8.95. The van der Waals surface area contributed by atoms with Crippen molar-refractivity contribution >= 4 is 41.5 Å². The number of hydrogen-bond acceptors (Lipinski definition) is 7. The molecule has 1 aromatic carbocycles. The first-order valence-electron chi connectivity index (χ1n) is 11.3. The van der Waals surface area contributed by atoms with Gasteiger partial charge in [-0.3, -0.25) is 29.0 Å². The molecule has 5 rings (SSSR count). The number of piperidine rings is 1. The number of nitrogens with zero attached hydrogens (tertiary/aromatic N) is 3. The highest BCUT2D eigenvalue weighted by atomic mass is 35.5. The summed E-state index contributed by atoms with van der Waals surface area (Å²) in [5.74, 6) is -1.29. The first-order chi connectivity index (χ1) is 15.0. The fraction of sp³-hybridized carbons (Fsp3) is 0.565.